The number of nitrogens with one attached hydrogen (secondary N) is 1. The molecule has 0 aliphatic rings. The molecule has 0 fully saturated rings. The average Bonchev–Trinajstić information content (AvgIpc) is 2.55. The Morgan fingerprint density at radius 3 is 2.62 bits per heavy atom. The molecule has 0 radical (unpaired) electrons. The van der Waals surface area contributed by atoms with Gasteiger partial charge in [0.15, 0.2) is 11.5 Å². The fraction of sp³-hybridized carbons (Fsp3) is 0.278. The Labute approximate surface area is 145 Å². The van der Waals surface area contributed by atoms with Gasteiger partial charge in [0.1, 0.15) is 5.82 Å². The molecular formula is C18H19ClFNO3. The summed E-state index contributed by atoms with van der Waals surface area (Å²) in [4.78, 5) is 12.3. The number of amides is 1. The highest BCUT2D eigenvalue weighted by Crippen LogP contribution is 2.30. The van der Waals surface area contributed by atoms with Gasteiger partial charge in [-0.1, -0.05) is 17.7 Å². The van der Waals surface area contributed by atoms with Crippen LogP contribution in [0.1, 0.15) is 35.8 Å². The normalized spacial score (nSPS) is 11.7. The lowest BCUT2D eigenvalue weighted by Crippen LogP contribution is -2.27. The highest BCUT2D eigenvalue weighted by atomic mass is 35.5. The molecule has 1 atom stereocenters. The lowest BCUT2D eigenvalue weighted by atomic mass is 10.1. The summed E-state index contributed by atoms with van der Waals surface area (Å²) in [6.45, 7) is 4.26. The molecule has 0 aromatic heterocycles. The lowest BCUT2D eigenvalue weighted by Gasteiger charge is -2.17. The third-order valence-electron chi connectivity index (χ3n) is 3.51. The highest BCUT2D eigenvalue weighted by molar-refractivity contribution is 6.33. The monoisotopic (exact) mass is 351 g/mol. The van der Waals surface area contributed by atoms with Gasteiger partial charge in [0.2, 0.25) is 0 Å². The van der Waals surface area contributed by atoms with Gasteiger partial charge in [-0.05, 0) is 49.7 Å². The molecular weight excluding hydrogens is 333 g/mol. The van der Waals surface area contributed by atoms with Crippen LogP contribution in [0.25, 0.3) is 0 Å². The van der Waals surface area contributed by atoms with Crippen molar-refractivity contribution >= 4 is 17.5 Å². The molecule has 0 spiro atoms. The fourth-order valence-electron chi connectivity index (χ4n) is 2.26. The molecule has 1 N–H and O–H groups in total. The summed E-state index contributed by atoms with van der Waals surface area (Å²) in [7, 11) is 1.56. The fourth-order valence-corrected chi connectivity index (χ4v) is 2.51. The number of carbonyl (C=O) groups excluding carboxylic acids is 1. The van der Waals surface area contributed by atoms with Gasteiger partial charge in [-0.25, -0.2) is 4.39 Å². The maximum Gasteiger partial charge on any atom is 0.253 e. The maximum absolute atomic E-state index is 13.1. The van der Waals surface area contributed by atoms with Crippen LogP contribution in [0.4, 0.5) is 4.39 Å². The molecule has 0 heterocycles. The topological polar surface area (TPSA) is 47.6 Å². The Morgan fingerprint density at radius 1 is 1.25 bits per heavy atom. The van der Waals surface area contributed by atoms with Crippen LogP contribution in [0.5, 0.6) is 11.5 Å². The molecule has 2 aromatic rings. The molecule has 0 saturated heterocycles. The van der Waals surface area contributed by atoms with E-state index in [0.29, 0.717) is 18.1 Å². The molecule has 2 aromatic carbocycles. The maximum atomic E-state index is 13.1. The molecule has 1 amide bonds. The van der Waals surface area contributed by atoms with Crippen LogP contribution in [-0.4, -0.2) is 19.6 Å². The minimum absolute atomic E-state index is 0.0731. The van der Waals surface area contributed by atoms with Crippen molar-refractivity contribution in [3.8, 4) is 11.5 Å². The number of methoxy groups -OCH3 is 1. The van der Waals surface area contributed by atoms with E-state index in [0.717, 1.165) is 11.6 Å². The van der Waals surface area contributed by atoms with Crippen molar-refractivity contribution in [1.82, 2.24) is 5.32 Å². The van der Waals surface area contributed by atoms with E-state index >= 15 is 0 Å². The van der Waals surface area contributed by atoms with Crippen LogP contribution >= 0.6 is 11.6 Å². The third kappa shape index (κ3) is 4.17. The molecule has 0 aliphatic carbocycles. The van der Waals surface area contributed by atoms with E-state index in [1.807, 2.05) is 26.0 Å². The average molecular weight is 352 g/mol. The Kier molecular flexibility index (Phi) is 6.04. The molecule has 0 aliphatic heterocycles. The predicted molar refractivity (Wildman–Crippen MR) is 91.5 cm³/mol. The summed E-state index contributed by atoms with van der Waals surface area (Å²) < 4.78 is 23.9. The SMILES string of the molecule is CCOc1ccc([C@H](C)NC(=O)c2ccc(F)cc2Cl)cc1OC. The molecule has 128 valence electrons. The summed E-state index contributed by atoms with van der Waals surface area (Å²) >= 11 is 5.92. The van der Waals surface area contributed by atoms with E-state index < -0.39 is 5.82 Å². The van der Waals surface area contributed by atoms with Crippen molar-refractivity contribution in [2.45, 2.75) is 19.9 Å². The molecule has 0 unspecified atom stereocenters. The van der Waals surface area contributed by atoms with Gasteiger partial charge in [-0.3, -0.25) is 4.79 Å². The summed E-state index contributed by atoms with van der Waals surface area (Å²) in [5.41, 5.74) is 1.07. The van der Waals surface area contributed by atoms with E-state index in [4.69, 9.17) is 21.1 Å². The largest absolute Gasteiger partial charge is 0.493 e. The summed E-state index contributed by atoms with van der Waals surface area (Å²) in [6, 6.07) is 8.84. The van der Waals surface area contributed by atoms with Crippen LogP contribution in [0.2, 0.25) is 5.02 Å². The number of ether oxygens (including phenoxy) is 2. The van der Waals surface area contributed by atoms with Crippen LogP contribution in [0.15, 0.2) is 36.4 Å². The second-order valence-corrected chi connectivity index (χ2v) is 5.57. The quantitative estimate of drug-likeness (QED) is 0.840. The molecule has 0 saturated carbocycles. The van der Waals surface area contributed by atoms with Gasteiger partial charge in [-0.2, -0.15) is 0 Å². The van der Waals surface area contributed by atoms with Crippen LogP contribution in [0.3, 0.4) is 0 Å². The van der Waals surface area contributed by atoms with Crippen LogP contribution in [-0.2, 0) is 0 Å². The minimum atomic E-state index is -0.485. The zero-order valence-corrected chi connectivity index (χ0v) is 14.5. The van der Waals surface area contributed by atoms with Gasteiger partial charge in [0, 0.05) is 0 Å². The van der Waals surface area contributed by atoms with E-state index in [1.165, 1.54) is 12.1 Å². The zero-order chi connectivity index (χ0) is 17.7. The Hall–Kier alpha value is -2.27. The number of benzene rings is 2. The number of rotatable bonds is 6. The lowest BCUT2D eigenvalue weighted by molar-refractivity contribution is 0.0940. The minimum Gasteiger partial charge on any atom is -0.493 e. The standard InChI is InChI=1S/C18H19ClFNO3/c1-4-24-16-8-5-12(9-17(16)23-3)11(2)21-18(22)14-7-6-13(20)10-15(14)19/h5-11H,4H2,1-3H3,(H,21,22)/t11-/m0/s1. The van der Waals surface area contributed by atoms with Gasteiger partial charge < -0.3 is 14.8 Å². The first-order valence-electron chi connectivity index (χ1n) is 7.53. The Bertz CT molecular complexity index is 736. The van der Waals surface area contributed by atoms with Crippen molar-refractivity contribution in [1.29, 1.82) is 0 Å². The van der Waals surface area contributed by atoms with Crippen molar-refractivity contribution < 1.29 is 18.7 Å². The van der Waals surface area contributed by atoms with E-state index in [9.17, 15) is 9.18 Å². The first kappa shape index (κ1) is 18.1. The van der Waals surface area contributed by atoms with Crippen LogP contribution in [0, 0.1) is 5.82 Å². The zero-order valence-electron chi connectivity index (χ0n) is 13.7. The smallest absolute Gasteiger partial charge is 0.253 e. The third-order valence-corrected chi connectivity index (χ3v) is 3.82. The van der Waals surface area contributed by atoms with Crippen molar-refractivity contribution in [3.05, 3.63) is 58.4 Å². The summed E-state index contributed by atoms with van der Waals surface area (Å²) in [5, 5.41) is 2.91. The number of hydrogen-bond acceptors (Lipinski definition) is 3. The van der Waals surface area contributed by atoms with Gasteiger partial charge in [0.25, 0.3) is 5.91 Å². The van der Waals surface area contributed by atoms with Gasteiger partial charge in [-0.15, -0.1) is 0 Å². The number of halogens is 2. The Morgan fingerprint density at radius 2 is 2.00 bits per heavy atom. The van der Waals surface area contributed by atoms with Crippen LogP contribution < -0.4 is 14.8 Å². The Balaban J connectivity index is 2.16. The molecule has 0 bridgehead atoms. The van der Waals surface area contributed by atoms with E-state index in [2.05, 4.69) is 5.32 Å². The van der Waals surface area contributed by atoms with Crippen molar-refractivity contribution in [2.75, 3.05) is 13.7 Å². The second kappa shape index (κ2) is 8.02. The first-order valence-corrected chi connectivity index (χ1v) is 7.90. The molecule has 24 heavy (non-hydrogen) atoms. The van der Waals surface area contributed by atoms with Gasteiger partial charge in [0.05, 0.1) is 30.3 Å². The highest BCUT2D eigenvalue weighted by Gasteiger charge is 2.16. The summed E-state index contributed by atoms with van der Waals surface area (Å²) in [6.07, 6.45) is 0. The van der Waals surface area contributed by atoms with Crippen molar-refractivity contribution in [3.63, 3.8) is 0 Å². The second-order valence-electron chi connectivity index (χ2n) is 5.16. The molecule has 2 rings (SSSR count). The number of hydrogen-bond donors (Lipinski definition) is 1. The summed E-state index contributed by atoms with van der Waals surface area (Å²) in [5.74, 6) is 0.375. The first-order chi connectivity index (χ1) is 11.5. The van der Waals surface area contributed by atoms with E-state index in [1.54, 1.807) is 13.2 Å². The molecule has 6 heteroatoms. The number of carbonyl (C=O) groups is 1. The molecule has 4 nitrogen and oxygen atoms in total. The van der Waals surface area contributed by atoms with E-state index in [-0.39, 0.29) is 22.5 Å². The van der Waals surface area contributed by atoms with Crippen molar-refractivity contribution in [2.24, 2.45) is 0 Å². The van der Waals surface area contributed by atoms with Gasteiger partial charge >= 0.3 is 0 Å². The predicted octanol–water partition coefficient (Wildman–Crippen LogP) is 4.38.